The molecule has 1 aliphatic carbocycles. The molecule has 0 saturated heterocycles. The molecule has 0 aliphatic heterocycles. The number of fused-ring (bicyclic) bond motifs is 1. The fourth-order valence-electron chi connectivity index (χ4n) is 4.23. The highest BCUT2D eigenvalue weighted by atomic mass is 19.1. The lowest BCUT2D eigenvalue weighted by Crippen LogP contribution is -2.30. The molecule has 0 bridgehead atoms. The SMILES string of the molecule is O=C(CCC(O)CO)C1CC(c2c(-c3ccc(F)cc3)[nH]c3c(F)cc(F)cc23)C1. The molecule has 1 aliphatic rings. The number of aromatic amines is 1. The van der Waals surface area contributed by atoms with Crippen LogP contribution in [0.2, 0.25) is 0 Å². The Bertz CT molecular complexity index is 1070. The summed E-state index contributed by atoms with van der Waals surface area (Å²) in [4.78, 5) is 15.4. The van der Waals surface area contributed by atoms with Gasteiger partial charge in [0.2, 0.25) is 0 Å². The Morgan fingerprint density at radius 3 is 2.47 bits per heavy atom. The predicted molar refractivity (Wildman–Crippen MR) is 106 cm³/mol. The first-order chi connectivity index (χ1) is 14.4. The largest absolute Gasteiger partial charge is 0.394 e. The molecular formula is C23H22F3NO3. The number of halogens is 3. The lowest BCUT2D eigenvalue weighted by Gasteiger charge is -2.35. The summed E-state index contributed by atoms with van der Waals surface area (Å²) in [6, 6.07) is 7.87. The number of Topliss-reactive ketones (excluding diaryl/α,β-unsaturated/α-hetero) is 1. The number of carbonyl (C=O) groups is 1. The minimum absolute atomic E-state index is 0.0132. The van der Waals surface area contributed by atoms with E-state index in [-0.39, 0.29) is 42.6 Å². The van der Waals surface area contributed by atoms with E-state index in [1.165, 1.54) is 18.2 Å². The van der Waals surface area contributed by atoms with Gasteiger partial charge < -0.3 is 15.2 Å². The number of H-pyrrole nitrogens is 1. The van der Waals surface area contributed by atoms with Crippen LogP contribution in [0.25, 0.3) is 22.2 Å². The Kier molecular flexibility index (Phi) is 5.66. The summed E-state index contributed by atoms with van der Waals surface area (Å²) in [7, 11) is 0. The van der Waals surface area contributed by atoms with E-state index < -0.39 is 23.6 Å². The average molecular weight is 417 g/mol. The van der Waals surface area contributed by atoms with Gasteiger partial charge in [0, 0.05) is 23.8 Å². The summed E-state index contributed by atoms with van der Waals surface area (Å²) in [6.07, 6.45) is 0.553. The monoisotopic (exact) mass is 417 g/mol. The van der Waals surface area contributed by atoms with Gasteiger partial charge in [0.25, 0.3) is 0 Å². The number of aliphatic hydroxyl groups excluding tert-OH is 2. The van der Waals surface area contributed by atoms with Gasteiger partial charge in [-0.1, -0.05) is 0 Å². The van der Waals surface area contributed by atoms with Crippen molar-refractivity contribution in [2.45, 2.75) is 37.7 Å². The zero-order valence-electron chi connectivity index (χ0n) is 16.2. The van der Waals surface area contributed by atoms with Gasteiger partial charge in [-0.15, -0.1) is 0 Å². The summed E-state index contributed by atoms with van der Waals surface area (Å²) >= 11 is 0. The molecule has 1 atom stereocenters. The topological polar surface area (TPSA) is 73.3 Å². The maximum atomic E-state index is 14.4. The summed E-state index contributed by atoms with van der Waals surface area (Å²) < 4.78 is 41.7. The van der Waals surface area contributed by atoms with Gasteiger partial charge in [-0.05, 0) is 66.6 Å². The Balaban J connectivity index is 1.64. The number of ketones is 1. The van der Waals surface area contributed by atoms with Crippen LogP contribution < -0.4 is 0 Å². The van der Waals surface area contributed by atoms with E-state index in [4.69, 9.17) is 5.11 Å². The van der Waals surface area contributed by atoms with Crippen molar-refractivity contribution in [1.29, 1.82) is 0 Å². The molecule has 2 aromatic carbocycles. The summed E-state index contributed by atoms with van der Waals surface area (Å²) in [6.45, 7) is -0.381. The van der Waals surface area contributed by atoms with E-state index in [1.807, 2.05) is 0 Å². The standard InChI is InChI=1S/C23H22F3NO3/c24-15-3-1-12(2-4-15)22-21(18-9-16(25)10-19(26)23(18)27-22)14-7-13(8-14)20(30)6-5-17(29)11-28/h1-4,9-10,13-14,17,27-29H,5-8,11H2. The van der Waals surface area contributed by atoms with Crippen molar-refractivity contribution in [2.75, 3.05) is 6.61 Å². The molecule has 3 aromatic rings. The number of nitrogens with one attached hydrogen (secondary N) is 1. The van der Waals surface area contributed by atoms with Gasteiger partial charge in [-0.25, -0.2) is 13.2 Å². The number of rotatable bonds is 7. The van der Waals surface area contributed by atoms with Crippen LogP contribution in [0.15, 0.2) is 36.4 Å². The number of hydrogen-bond donors (Lipinski definition) is 3. The van der Waals surface area contributed by atoms with E-state index >= 15 is 0 Å². The Labute approximate surface area is 171 Å². The second-order valence-electron chi connectivity index (χ2n) is 7.94. The predicted octanol–water partition coefficient (Wildman–Crippen LogP) is 4.45. The van der Waals surface area contributed by atoms with Crippen molar-refractivity contribution >= 4 is 16.7 Å². The molecule has 4 rings (SSSR count). The van der Waals surface area contributed by atoms with Crippen molar-refractivity contribution in [2.24, 2.45) is 5.92 Å². The second-order valence-corrected chi connectivity index (χ2v) is 7.94. The molecule has 0 amide bonds. The molecule has 1 fully saturated rings. The molecule has 7 heteroatoms. The van der Waals surface area contributed by atoms with E-state index in [0.29, 0.717) is 29.5 Å². The number of benzene rings is 2. The fraction of sp³-hybridized carbons (Fsp3) is 0.348. The van der Waals surface area contributed by atoms with Crippen LogP contribution in [0.5, 0.6) is 0 Å². The van der Waals surface area contributed by atoms with Crippen LogP contribution in [-0.4, -0.2) is 33.7 Å². The normalized spacial score (nSPS) is 19.6. The highest BCUT2D eigenvalue weighted by Crippen LogP contribution is 2.49. The first kappa shape index (κ1) is 20.6. The highest BCUT2D eigenvalue weighted by Gasteiger charge is 2.38. The highest BCUT2D eigenvalue weighted by molar-refractivity contribution is 5.92. The molecule has 1 aromatic heterocycles. The number of aromatic nitrogens is 1. The van der Waals surface area contributed by atoms with Crippen molar-refractivity contribution in [3.63, 3.8) is 0 Å². The van der Waals surface area contributed by atoms with Gasteiger partial charge in [-0.3, -0.25) is 4.79 Å². The zero-order chi connectivity index (χ0) is 21.4. The lowest BCUT2D eigenvalue weighted by atomic mass is 9.68. The molecule has 3 N–H and O–H groups in total. The molecular weight excluding hydrogens is 395 g/mol. The third-order valence-electron chi connectivity index (χ3n) is 5.93. The number of aliphatic hydroxyl groups is 2. The van der Waals surface area contributed by atoms with Crippen LogP contribution >= 0.6 is 0 Å². The van der Waals surface area contributed by atoms with Gasteiger partial charge in [-0.2, -0.15) is 0 Å². The van der Waals surface area contributed by atoms with Crippen LogP contribution in [0.3, 0.4) is 0 Å². The van der Waals surface area contributed by atoms with E-state index in [0.717, 1.165) is 11.6 Å². The van der Waals surface area contributed by atoms with Crippen molar-refractivity contribution < 1.29 is 28.2 Å². The molecule has 1 unspecified atom stereocenters. The maximum Gasteiger partial charge on any atom is 0.150 e. The number of carbonyl (C=O) groups excluding carboxylic acids is 1. The van der Waals surface area contributed by atoms with Gasteiger partial charge >= 0.3 is 0 Å². The minimum atomic E-state index is -0.908. The van der Waals surface area contributed by atoms with Crippen LogP contribution in [0.1, 0.15) is 37.2 Å². The van der Waals surface area contributed by atoms with Crippen molar-refractivity contribution in [3.05, 3.63) is 59.4 Å². The van der Waals surface area contributed by atoms with Crippen molar-refractivity contribution in [3.8, 4) is 11.3 Å². The Morgan fingerprint density at radius 1 is 1.10 bits per heavy atom. The lowest BCUT2D eigenvalue weighted by molar-refractivity contribution is -0.126. The summed E-state index contributed by atoms with van der Waals surface area (Å²) in [5.41, 5.74) is 2.17. The molecule has 30 heavy (non-hydrogen) atoms. The fourth-order valence-corrected chi connectivity index (χ4v) is 4.23. The minimum Gasteiger partial charge on any atom is -0.394 e. The molecule has 0 spiro atoms. The Hall–Kier alpha value is -2.64. The summed E-state index contributed by atoms with van der Waals surface area (Å²) in [5.74, 6) is -2.03. The quantitative estimate of drug-likeness (QED) is 0.532. The zero-order valence-corrected chi connectivity index (χ0v) is 16.2. The first-order valence-electron chi connectivity index (χ1n) is 9.95. The summed E-state index contributed by atoms with van der Waals surface area (Å²) in [5, 5.41) is 18.7. The van der Waals surface area contributed by atoms with Crippen LogP contribution in [-0.2, 0) is 4.79 Å². The third kappa shape index (κ3) is 3.87. The molecule has 0 radical (unpaired) electrons. The smallest absolute Gasteiger partial charge is 0.150 e. The van der Waals surface area contributed by atoms with Crippen LogP contribution in [0, 0.1) is 23.4 Å². The molecule has 1 heterocycles. The van der Waals surface area contributed by atoms with Crippen molar-refractivity contribution in [1.82, 2.24) is 4.98 Å². The molecule has 158 valence electrons. The first-order valence-corrected chi connectivity index (χ1v) is 9.95. The number of hydrogen-bond acceptors (Lipinski definition) is 3. The van der Waals surface area contributed by atoms with E-state index in [2.05, 4.69) is 4.98 Å². The molecule has 1 saturated carbocycles. The molecule has 4 nitrogen and oxygen atoms in total. The third-order valence-corrected chi connectivity index (χ3v) is 5.93. The van der Waals surface area contributed by atoms with E-state index in [9.17, 15) is 23.1 Å². The van der Waals surface area contributed by atoms with E-state index in [1.54, 1.807) is 12.1 Å². The van der Waals surface area contributed by atoms with Gasteiger partial charge in [0.15, 0.2) is 0 Å². The second kappa shape index (κ2) is 8.24. The van der Waals surface area contributed by atoms with Gasteiger partial charge in [0.1, 0.15) is 23.2 Å². The van der Waals surface area contributed by atoms with Crippen LogP contribution in [0.4, 0.5) is 13.2 Å². The van der Waals surface area contributed by atoms with Gasteiger partial charge in [0.05, 0.1) is 23.9 Å². The maximum absolute atomic E-state index is 14.4. The average Bonchev–Trinajstić information content (AvgIpc) is 3.05. The Morgan fingerprint density at radius 2 is 1.80 bits per heavy atom.